The first-order valence-corrected chi connectivity index (χ1v) is 6.11. The third-order valence-electron chi connectivity index (χ3n) is 2.97. The van der Waals surface area contributed by atoms with Crippen molar-refractivity contribution in [3.63, 3.8) is 0 Å². The van der Waals surface area contributed by atoms with Gasteiger partial charge in [-0.3, -0.25) is 0 Å². The van der Waals surface area contributed by atoms with Crippen LogP contribution in [-0.2, 0) is 9.47 Å². The predicted molar refractivity (Wildman–Crippen MR) is 72.0 cm³/mol. The standard InChI is InChI=1S/C14H23NO3/c1-6-15-13(14(17-4)18-5)12-8-7-11(16-3)9-10(12)2/h7-9,13-15H,6H2,1-5H3. The molecule has 102 valence electrons. The zero-order valence-electron chi connectivity index (χ0n) is 11.8. The number of ether oxygens (including phenoxy) is 3. The second kappa shape index (κ2) is 7.36. The highest BCUT2D eigenvalue weighted by molar-refractivity contribution is 5.37. The number of hydrogen-bond donors (Lipinski definition) is 1. The molecule has 1 aromatic carbocycles. The van der Waals surface area contributed by atoms with Crippen LogP contribution in [0.2, 0.25) is 0 Å². The Hall–Kier alpha value is -1.10. The predicted octanol–water partition coefficient (Wildman–Crippen LogP) is 2.27. The van der Waals surface area contributed by atoms with Crippen molar-refractivity contribution in [2.24, 2.45) is 0 Å². The van der Waals surface area contributed by atoms with Crippen molar-refractivity contribution in [3.8, 4) is 5.75 Å². The van der Waals surface area contributed by atoms with Crippen molar-refractivity contribution in [1.82, 2.24) is 5.32 Å². The summed E-state index contributed by atoms with van der Waals surface area (Å²) in [5.74, 6) is 0.859. The molecule has 0 fully saturated rings. The van der Waals surface area contributed by atoms with Gasteiger partial charge in [0.15, 0.2) is 6.29 Å². The fraction of sp³-hybridized carbons (Fsp3) is 0.571. The zero-order valence-corrected chi connectivity index (χ0v) is 11.8. The smallest absolute Gasteiger partial charge is 0.176 e. The summed E-state index contributed by atoms with van der Waals surface area (Å²) in [7, 11) is 4.97. The van der Waals surface area contributed by atoms with Crippen LogP contribution in [0.3, 0.4) is 0 Å². The Labute approximate surface area is 109 Å². The van der Waals surface area contributed by atoms with Gasteiger partial charge < -0.3 is 19.5 Å². The highest BCUT2D eigenvalue weighted by atomic mass is 16.7. The molecule has 0 aliphatic heterocycles. The molecule has 4 heteroatoms. The summed E-state index contributed by atoms with van der Waals surface area (Å²) in [5.41, 5.74) is 2.31. The molecular formula is C14H23NO3. The summed E-state index contributed by atoms with van der Waals surface area (Å²) < 4.78 is 15.9. The molecule has 0 aliphatic rings. The van der Waals surface area contributed by atoms with E-state index in [-0.39, 0.29) is 12.3 Å². The van der Waals surface area contributed by atoms with Crippen LogP contribution in [0, 0.1) is 6.92 Å². The van der Waals surface area contributed by atoms with Gasteiger partial charge in [0.05, 0.1) is 13.2 Å². The van der Waals surface area contributed by atoms with E-state index in [9.17, 15) is 0 Å². The molecule has 4 nitrogen and oxygen atoms in total. The minimum atomic E-state index is -0.308. The van der Waals surface area contributed by atoms with Gasteiger partial charge in [-0.2, -0.15) is 0 Å². The Morgan fingerprint density at radius 1 is 1.17 bits per heavy atom. The third-order valence-corrected chi connectivity index (χ3v) is 2.97. The summed E-state index contributed by atoms with van der Waals surface area (Å²) in [4.78, 5) is 0. The summed E-state index contributed by atoms with van der Waals surface area (Å²) >= 11 is 0. The van der Waals surface area contributed by atoms with Crippen LogP contribution in [0.15, 0.2) is 18.2 Å². The van der Waals surface area contributed by atoms with Crippen molar-refractivity contribution >= 4 is 0 Å². The highest BCUT2D eigenvalue weighted by Crippen LogP contribution is 2.26. The van der Waals surface area contributed by atoms with Gasteiger partial charge in [0.1, 0.15) is 5.75 Å². The van der Waals surface area contributed by atoms with Gasteiger partial charge >= 0.3 is 0 Å². The van der Waals surface area contributed by atoms with Gasteiger partial charge in [0.25, 0.3) is 0 Å². The minimum Gasteiger partial charge on any atom is -0.497 e. The van der Waals surface area contributed by atoms with Gasteiger partial charge in [0, 0.05) is 14.2 Å². The van der Waals surface area contributed by atoms with E-state index in [0.29, 0.717) is 0 Å². The molecule has 1 N–H and O–H groups in total. The van der Waals surface area contributed by atoms with Gasteiger partial charge in [-0.25, -0.2) is 0 Å². The van der Waals surface area contributed by atoms with E-state index in [2.05, 4.69) is 19.2 Å². The summed E-state index contributed by atoms with van der Waals surface area (Å²) in [6, 6.07) is 6.03. The first-order chi connectivity index (χ1) is 8.67. The van der Waals surface area contributed by atoms with Crippen molar-refractivity contribution in [1.29, 1.82) is 0 Å². The lowest BCUT2D eigenvalue weighted by molar-refractivity contribution is -0.124. The number of hydrogen-bond acceptors (Lipinski definition) is 4. The fourth-order valence-corrected chi connectivity index (χ4v) is 2.07. The lowest BCUT2D eigenvalue weighted by Gasteiger charge is -2.27. The van der Waals surface area contributed by atoms with Crippen molar-refractivity contribution in [3.05, 3.63) is 29.3 Å². The molecule has 0 heterocycles. The fourth-order valence-electron chi connectivity index (χ4n) is 2.07. The van der Waals surface area contributed by atoms with Crippen LogP contribution in [0.5, 0.6) is 5.75 Å². The van der Waals surface area contributed by atoms with Crippen LogP contribution in [0.4, 0.5) is 0 Å². The molecule has 1 unspecified atom stereocenters. The zero-order chi connectivity index (χ0) is 13.5. The molecule has 0 bridgehead atoms. The number of methoxy groups -OCH3 is 3. The lowest BCUT2D eigenvalue weighted by Crippen LogP contribution is -2.35. The van der Waals surface area contributed by atoms with Crippen molar-refractivity contribution in [2.45, 2.75) is 26.2 Å². The molecule has 18 heavy (non-hydrogen) atoms. The molecule has 0 radical (unpaired) electrons. The Bertz CT molecular complexity index is 364. The normalized spacial score (nSPS) is 12.8. The second-order valence-corrected chi connectivity index (χ2v) is 4.10. The summed E-state index contributed by atoms with van der Waals surface area (Å²) in [6.45, 7) is 4.97. The highest BCUT2D eigenvalue weighted by Gasteiger charge is 2.23. The molecule has 0 saturated heterocycles. The maximum atomic E-state index is 5.36. The Balaban J connectivity index is 3.04. The SMILES string of the molecule is CCNC(c1ccc(OC)cc1C)C(OC)OC. The maximum Gasteiger partial charge on any atom is 0.176 e. The summed E-state index contributed by atoms with van der Waals surface area (Å²) in [6.07, 6.45) is -0.308. The lowest BCUT2D eigenvalue weighted by atomic mass is 10.00. The van der Waals surface area contributed by atoms with Crippen LogP contribution >= 0.6 is 0 Å². The van der Waals surface area contributed by atoms with E-state index in [4.69, 9.17) is 14.2 Å². The van der Waals surface area contributed by atoms with E-state index in [1.807, 2.05) is 18.2 Å². The largest absolute Gasteiger partial charge is 0.497 e. The first-order valence-electron chi connectivity index (χ1n) is 6.11. The number of aryl methyl sites for hydroxylation is 1. The Morgan fingerprint density at radius 3 is 2.28 bits per heavy atom. The minimum absolute atomic E-state index is 0.0101. The second-order valence-electron chi connectivity index (χ2n) is 4.10. The molecule has 0 aliphatic carbocycles. The van der Waals surface area contributed by atoms with E-state index in [1.54, 1.807) is 21.3 Å². The van der Waals surface area contributed by atoms with E-state index < -0.39 is 0 Å². The molecule has 0 saturated carbocycles. The molecule has 0 amide bonds. The molecule has 1 atom stereocenters. The van der Waals surface area contributed by atoms with Crippen molar-refractivity contribution in [2.75, 3.05) is 27.9 Å². The molecule has 1 rings (SSSR count). The Kier molecular flexibility index (Phi) is 6.12. The average Bonchev–Trinajstić information content (AvgIpc) is 2.39. The number of likely N-dealkylation sites (N-methyl/N-ethyl adjacent to an activating group) is 1. The first kappa shape index (κ1) is 15.0. The number of nitrogens with one attached hydrogen (secondary N) is 1. The van der Waals surface area contributed by atoms with Gasteiger partial charge in [-0.05, 0) is 36.7 Å². The number of rotatable bonds is 7. The van der Waals surface area contributed by atoms with Gasteiger partial charge in [0.2, 0.25) is 0 Å². The maximum absolute atomic E-state index is 5.36. The quantitative estimate of drug-likeness (QED) is 0.757. The van der Waals surface area contributed by atoms with E-state index in [1.165, 1.54) is 0 Å². The average molecular weight is 253 g/mol. The van der Waals surface area contributed by atoms with Gasteiger partial charge in [-0.15, -0.1) is 0 Å². The summed E-state index contributed by atoms with van der Waals surface area (Å²) in [5, 5.41) is 3.39. The molecule has 0 spiro atoms. The van der Waals surface area contributed by atoms with Gasteiger partial charge in [-0.1, -0.05) is 13.0 Å². The van der Waals surface area contributed by atoms with Crippen LogP contribution in [0.1, 0.15) is 24.1 Å². The topological polar surface area (TPSA) is 39.7 Å². The molecular weight excluding hydrogens is 230 g/mol. The van der Waals surface area contributed by atoms with E-state index >= 15 is 0 Å². The third kappa shape index (κ3) is 3.45. The molecule has 1 aromatic rings. The monoisotopic (exact) mass is 253 g/mol. The molecule has 0 aromatic heterocycles. The Morgan fingerprint density at radius 2 is 1.83 bits per heavy atom. The van der Waals surface area contributed by atoms with Crippen LogP contribution < -0.4 is 10.1 Å². The van der Waals surface area contributed by atoms with Crippen molar-refractivity contribution < 1.29 is 14.2 Å². The van der Waals surface area contributed by atoms with Crippen LogP contribution in [-0.4, -0.2) is 34.2 Å². The van der Waals surface area contributed by atoms with Crippen LogP contribution in [0.25, 0.3) is 0 Å². The number of benzene rings is 1. The van der Waals surface area contributed by atoms with E-state index in [0.717, 1.165) is 23.4 Å².